The van der Waals surface area contributed by atoms with E-state index in [-0.39, 0.29) is 125 Å². The number of aliphatic carboxylic acids is 1. The van der Waals surface area contributed by atoms with Gasteiger partial charge in [-0.15, -0.1) is 0 Å². The molecule has 0 heterocycles. The van der Waals surface area contributed by atoms with E-state index >= 15 is 0 Å². The van der Waals surface area contributed by atoms with Crippen LogP contribution in [0, 0.1) is 5.92 Å². The van der Waals surface area contributed by atoms with Gasteiger partial charge in [-0.3, -0.25) is 38.1 Å². The lowest BCUT2D eigenvalue weighted by molar-refractivity contribution is -0.144. The smallest absolute Gasteiger partial charge is 0.306 e. The number of thioether (sulfide) groups is 1. The molecule has 0 aliphatic rings. The maximum absolute atomic E-state index is 12.4. The second-order valence-electron chi connectivity index (χ2n) is 16.2. The number of carbonyl (C=O) groups is 7. The molecule has 0 bridgehead atoms. The molecule has 0 rings (SSSR count). The summed E-state index contributed by atoms with van der Waals surface area (Å²) in [7, 11) is -2.13. The molecule has 0 saturated carbocycles. The molecule has 0 saturated heterocycles. The van der Waals surface area contributed by atoms with Crippen LogP contribution in [-0.4, -0.2) is 155 Å². The Hall–Kier alpha value is -2.85. The predicted molar refractivity (Wildman–Crippen MR) is 250 cm³/mol. The van der Waals surface area contributed by atoms with Gasteiger partial charge in [0.15, 0.2) is 5.78 Å². The van der Waals surface area contributed by atoms with Crippen LogP contribution in [0.15, 0.2) is 0 Å². The van der Waals surface area contributed by atoms with Crippen LogP contribution in [0.2, 0.25) is 0 Å². The summed E-state index contributed by atoms with van der Waals surface area (Å²) in [5, 5.41) is 17.9. The molecule has 18 nitrogen and oxygen atoms in total. The largest absolute Gasteiger partial charge is 0.481 e. The number of likely N-dealkylation sites (N-methyl/N-ethyl adjacent to an activating group) is 1. The van der Waals surface area contributed by atoms with E-state index in [4.69, 9.17) is 23.5 Å². The highest BCUT2D eigenvalue weighted by Gasteiger charge is 2.22. The highest BCUT2D eigenvalue weighted by Crippen LogP contribution is 2.17. The molecule has 378 valence electrons. The summed E-state index contributed by atoms with van der Waals surface area (Å²) in [5.41, 5.74) is 0. The summed E-state index contributed by atoms with van der Waals surface area (Å²) >= 11 is 1.41. The molecule has 0 radical (unpaired) electrons. The van der Waals surface area contributed by atoms with Crippen molar-refractivity contribution >= 4 is 62.8 Å². The first-order valence-corrected chi connectivity index (χ1v) is 26.2. The van der Waals surface area contributed by atoms with Crippen molar-refractivity contribution in [2.45, 2.75) is 148 Å². The van der Waals surface area contributed by atoms with E-state index in [0.717, 1.165) is 70.6 Å². The molecule has 20 heteroatoms. The molecule has 0 unspecified atom stereocenters. The number of rotatable bonds is 49. The summed E-state index contributed by atoms with van der Waals surface area (Å²) < 4.78 is 51.6. The highest BCUT2D eigenvalue weighted by molar-refractivity contribution is 8.00. The summed E-state index contributed by atoms with van der Waals surface area (Å²) in [6.45, 7) is 3.39. The van der Waals surface area contributed by atoms with Gasteiger partial charge < -0.3 is 40.0 Å². The Labute approximate surface area is 392 Å². The van der Waals surface area contributed by atoms with Crippen LogP contribution in [0.4, 0.5) is 0 Å². The van der Waals surface area contributed by atoms with Crippen LogP contribution in [-0.2, 0) is 62.6 Å². The number of carboxylic acid groups (broad SMARTS) is 1. The number of Topliss-reactive ketones (excluding diaryl/α,β-unsaturated/α-hetero) is 4. The van der Waals surface area contributed by atoms with Crippen LogP contribution in [0.5, 0.6) is 0 Å². The lowest BCUT2D eigenvalue weighted by Crippen LogP contribution is -2.34. The predicted octanol–water partition coefficient (Wildman–Crippen LogP) is 4.68. The Balaban J connectivity index is 3.67. The third-order valence-corrected chi connectivity index (χ3v) is 12.2. The number of hydrogen-bond acceptors (Lipinski definition) is 15. The van der Waals surface area contributed by atoms with Gasteiger partial charge in [-0.05, 0) is 46.1 Å². The first kappa shape index (κ1) is 62.1. The van der Waals surface area contributed by atoms with E-state index in [1.54, 1.807) is 7.05 Å². The molecule has 0 aliphatic heterocycles. The quantitative estimate of drug-likeness (QED) is 0.0409. The zero-order chi connectivity index (χ0) is 48.4. The van der Waals surface area contributed by atoms with Crippen molar-refractivity contribution < 1.29 is 70.6 Å². The van der Waals surface area contributed by atoms with E-state index < -0.39 is 22.0 Å². The van der Waals surface area contributed by atoms with Crippen LogP contribution < -0.4 is 16.0 Å². The van der Waals surface area contributed by atoms with Gasteiger partial charge in [0.25, 0.3) is 10.1 Å². The number of hydrogen-bond donors (Lipinski definition) is 5. The van der Waals surface area contributed by atoms with E-state index in [1.807, 2.05) is 0 Å². The van der Waals surface area contributed by atoms with Gasteiger partial charge >= 0.3 is 5.97 Å². The average Bonchev–Trinajstić information content (AvgIpc) is 3.25. The minimum Gasteiger partial charge on any atom is -0.481 e. The average molecular weight is 968 g/mol. The molecular weight excluding hydrogens is 887 g/mol. The minimum absolute atomic E-state index is 0.0127. The lowest BCUT2D eigenvalue weighted by atomic mass is 9.94. The Morgan fingerprint density at radius 1 is 0.569 bits per heavy atom. The van der Waals surface area contributed by atoms with Crippen LogP contribution in [0.1, 0.15) is 142 Å². The first-order chi connectivity index (χ1) is 31.1. The van der Waals surface area contributed by atoms with Gasteiger partial charge in [-0.2, -0.15) is 20.2 Å². The van der Waals surface area contributed by atoms with Gasteiger partial charge in [0.05, 0.1) is 56.5 Å². The molecule has 65 heavy (non-hydrogen) atoms. The van der Waals surface area contributed by atoms with Crippen molar-refractivity contribution in [1.82, 2.24) is 16.0 Å². The van der Waals surface area contributed by atoms with Crippen molar-refractivity contribution in [1.29, 1.82) is 0 Å². The number of nitrogens with one attached hydrogen (secondary N) is 3. The minimum atomic E-state index is -3.85. The van der Waals surface area contributed by atoms with E-state index in [0.29, 0.717) is 56.8 Å². The SMILES string of the molecule is CN[C@@H](CSCC(=O)CCCNC(=O)COCCOCCCC(=O)COCCOCCNC(=O)CC[C@@H](CC(=O)CCCCCCCCCCCCCCCS(=O)(=O)O)C(=O)O)C(C)=O. The molecule has 0 spiro atoms. The zero-order valence-electron chi connectivity index (χ0n) is 39.2. The maximum Gasteiger partial charge on any atom is 0.306 e. The Kier molecular flexibility index (Phi) is 40.6. The van der Waals surface area contributed by atoms with Crippen molar-refractivity contribution in [3.8, 4) is 0 Å². The molecule has 0 aliphatic carbocycles. The molecular formula is C45H81N3O15S2. The van der Waals surface area contributed by atoms with Gasteiger partial charge in [-0.1, -0.05) is 70.6 Å². The monoisotopic (exact) mass is 968 g/mol. The van der Waals surface area contributed by atoms with Crippen molar-refractivity contribution in [3.63, 3.8) is 0 Å². The van der Waals surface area contributed by atoms with Gasteiger partial charge in [0, 0.05) is 57.6 Å². The fraction of sp³-hybridized carbons (Fsp3) is 0.844. The number of amides is 2. The summed E-state index contributed by atoms with van der Waals surface area (Å²) in [5.74, 6) is -1.97. The van der Waals surface area contributed by atoms with E-state index in [2.05, 4.69) is 16.0 Å². The summed E-state index contributed by atoms with van der Waals surface area (Å²) in [6.07, 6.45) is 14.9. The third-order valence-electron chi connectivity index (χ3n) is 10.3. The van der Waals surface area contributed by atoms with Crippen LogP contribution in [0.25, 0.3) is 0 Å². The molecule has 0 aromatic carbocycles. The Morgan fingerprint density at radius 2 is 1.09 bits per heavy atom. The Morgan fingerprint density at radius 3 is 1.68 bits per heavy atom. The van der Waals surface area contributed by atoms with Gasteiger partial charge in [0.1, 0.15) is 30.6 Å². The standard InChI is InChI=1S/C45H81N3O15S2/c1-37(49)42(46-2)36-64-35-41(52)19-16-23-47-44(54)34-63-30-27-60-25-17-20-40(51)33-62-29-28-61-26-24-48-43(53)22-21-38(45(55)56)32-39(50)18-14-12-10-8-6-4-3-5-7-9-11-13-15-31-65(57,58)59/h38,42,46H,3-36H2,1-2H3,(H,47,54)(H,48,53)(H,55,56)(H,57,58,59)/t38-,42-/m0/s1. The van der Waals surface area contributed by atoms with Crippen molar-refractivity contribution in [2.75, 3.05) is 90.3 Å². The van der Waals surface area contributed by atoms with Crippen LogP contribution in [0.3, 0.4) is 0 Å². The molecule has 2 amide bonds. The Bertz CT molecular complexity index is 1430. The van der Waals surface area contributed by atoms with Gasteiger partial charge in [0.2, 0.25) is 11.8 Å². The van der Waals surface area contributed by atoms with Crippen molar-refractivity contribution in [3.05, 3.63) is 0 Å². The number of carboxylic acids is 1. The fourth-order valence-electron chi connectivity index (χ4n) is 6.46. The topological polar surface area (TPSA) is 267 Å². The number of ketones is 4. The molecule has 2 atom stereocenters. The van der Waals surface area contributed by atoms with Gasteiger partial charge in [-0.25, -0.2) is 0 Å². The number of carbonyl (C=O) groups excluding carboxylic acids is 6. The van der Waals surface area contributed by atoms with E-state index in [9.17, 15) is 47.1 Å². The zero-order valence-corrected chi connectivity index (χ0v) is 40.8. The first-order valence-electron chi connectivity index (χ1n) is 23.5. The second-order valence-corrected chi connectivity index (χ2v) is 18.8. The summed E-state index contributed by atoms with van der Waals surface area (Å²) in [4.78, 5) is 83.7. The maximum atomic E-state index is 12.4. The normalized spacial score (nSPS) is 12.4. The van der Waals surface area contributed by atoms with E-state index in [1.165, 1.54) is 25.1 Å². The van der Waals surface area contributed by atoms with Crippen LogP contribution >= 0.6 is 11.8 Å². The number of ether oxygens (including phenoxy) is 4. The van der Waals surface area contributed by atoms with Crippen molar-refractivity contribution in [2.24, 2.45) is 5.92 Å². The molecule has 0 fully saturated rings. The molecule has 0 aromatic heterocycles. The lowest BCUT2D eigenvalue weighted by Gasteiger charge is -2.12. The highest BCUT2D eigenvalue weighted by atomic mass is 32.2. The molecule has 0 aromatic rings. The number of unbranched alkanes of at least 4 members (excludes halogenated alkanes) is 12. The summed E-state index contributed by atoms with van der Waals surface area (Å²) in [6, 6.07) is -0.260. The third kappa shape index (κ3) is 43.5. The molecule has 5 N–H and O–H groups in total. The fourth-order valence-corrected chi connectivity index (χ4v) is 8.16. The second kappa shape index (κ2) is 42.5.